The van der Waals surface area contributed by atoms with Crippen LogP contribution in [0.1, 0.15) is 168 Å². The molecule has 6 N–H and O–H groups in total. The molecule has 86 heavy (non-hydrogen) atoms. The molecule has 4 aromatic rings. The molecule has 6 amide bonds. The van der Waals surface area contributed by atoms with Crippen molar-refractivity contribution in [2.24, 2.45) is 23.7 Å². The number of pyridine rings is 2. The zero-order chi connectivity index (χ0) is 62.8. The molecular formula is C66H90N10O10. The van der Waals surface area contributed by atoms with Gasteiger partial charge in [0.05, 0.1) is 35.3 Å². The summed E-state index contributed by atoms with van der Waals surface area (Å²) in [6.07, 6.45) is 14.8. The number of nitrogens with zero attached hydrogens (tertiary/aromatic N) is 4. The molecule has 0 unspecified atom stereocenters. The standard InChI is InChI=1S/C34H47N5O5.C32H43N5O5/c1-8-12-24(13-9-2)34(43)44-30(21(4)5)32(41)37-23(7)33(42)39-17-11-14-29(38-39)31(40)36-22(6)25-15-16-26-20-35-28(10-3)19-27(26)18-25;1-6-9-22-10-7-11-26-17-25-16-23(13-14-24(25)18-33-26)20(4)34-29(38)27-12-8-15-37(36-27)31(40)21(5)35-30(39)28(19(2)3)42-32(22)41/h8,10,15-16,18-24,29-30,38H,1,3,9,11-14,17H2,2,4-7H3,(H,36,40)(H,37,41);7,11,13-14,16-22,27-28,36H,6,8-10,12,15H2,1-5H3,(H,34,38)(H,35,39)/b;11-7+/t22-,23+,24+,29+,30+;20-,21+,22-,27+,28+/m11/s1. The maximum absolute atomic E-state index is 13.3. The van der Waals surface area contributed by atoms with Crippen LogP contribution in [0.3, 0.4) is 0 Å². The highest BCUT2D eigenvalue weighted by Crippen LogP contribution is 2.26. The Labute approximate surface area is 506 Å². The number of hydrogen-bond acceptors (Lipinski definition) is 14. The van der Waals surface area contributed by atoms with Crippen molar-refractivity contribution in [1.82, 2.24) is 52.1 Å². The molecular weight excluding hydrogens is 1090 g/mol. The van der Waals surface area contributed by atoms with Gasteiger partial charge in [-0.15, -0.1) is 6.58 Å². The lowest BCUT2D eigenvalue weighted by molar-refractivity contribution is -0.163. The highest BCUT2D eigenvalue weighted by molar-refractivity contribution is 5.93. The monoisotopic (exact) mass is 1180 g/mol. The topological polar surface area (TPSA) is 259 Å². The summed E-state index contributed by atoms with van der Waals surface area (Å²) in [7, 11) is 0. The van der Waals surface area contributed by atoms with E-state index >= 15 is 0 Å². The van der Waals surface area contributed by atoms with Gasteiger partial charge in [0.1, 0.15) is 24.2 Å². The molecule has 0 saturated carbocycles. The Bertz CT molecular complexity index is 3110. The van der Waals surface area contributed by atoms with Crippen molar-refractivity contribution in [3.8, 4) is 0 Å². The fraction of sp³-hybridized carbons (Fsp3) is 0.515. The number of carbonyl (C=O) groups is 8. The summed E-state index contributed by atoms with van der Waals surface area (Å²) < 4.78 is 11.4. The Morgan fingerprint density at radius 3 is 2.19 bits per heavy atom. The molecule has 2 fully saturated rings. The first-order valence-corrected chi connectivity index (χ1v) is 30.5. The second-order valence-corrected chi connectivity index (χ2v) is 23.5. The van der Waals surface area contributed by atoms with Crippen molar-refractivity contribution in [1.29, 1.82) is 0 Å². The number of allylic oxidation sites excluding steroid dienone is 2. The summed E-state index contributed by atoms with van der Waals surface area (Å²) in [5.74, 6) is -4.47. The van der Waals surface area contributed by atoms with Gasteiger partial charge in [0.2, 0.25) is 11.8 Å². The SMILES string of the molecule is C=CC[C@@H](CCC)C(=O)O[C@H](C(=O)N[C@@H](C)C(=O)N1CCC[C@@H](C(=O)N[C@H](C)c2ccc3cnc(C=C)cc3c2)N1)C(C)C.CCC[C@@H]1C/C=C/c2cc3cc(ccc3cn2)[C@@H](C)NC(=O)[C@@H]2CCCN(N2)C(=O)[C@H](C)NC(=O)[C@H](C(C)C)OC1=O. The van der Waals surface area contributed by atoms with Crippen molar-refractivity contribution in [2.45, 2.75) is 182 Å². The van der Waals surface area contributed by atoms with Crippen LogP contribution in [0.15, 0.2) is 86.2 Å². The summed E-state index contributed by atoms with van der Waals surface area (Å²) in [4.78, 5) is 114. The van der Waals surface area contributed by atoms with Gasteiger partial charge in [-0.2, -0.15) is 0 Å². The number of esters is 2. The minimum absolute atomic E-state index is 0.203. The molecule has 20 nitrogen and oxygen atoms in total. The summed E-state index contributed by atoms with van der Waals surface area (Å²) in [6, 6.07) is 12.4. The van der Waals surface area contributed by atoms with Gasteiger partial charge in [-0.25, -0.2) is 10.9 Å². The highest BCUT2D eigenvalue weighted by Gasteiger charge is 2.37. The van der Waals surface area contributed by atoms with Gasteiger partial charge in [-0.1, -0.05) is 97.4 Å². The van der Waals surface area contributed by atoms with Crippen LogP contribution in [0.2, 0.25) is 0 Å². The second kappa shape index (κ2) is 32.1. The normalized spacial score (nSPS) is 22.4. The number of carbonyl (C=O) groups excluding carboxylic acids is 8. The average Bonchev–Trinajstić information content (AvgIpc) is 2.44. The summed E-state index contributed by atoms with van der Waals surface area (Å²) in [5.41, 5.74) is 9.51. The fourth-order valence-electron chi connectivity index (χ4n) is 10.7. The fourth-order valence-corrected chi connectivity index (χ4v) is 10.7. The minimum atomic E-state index is -1.04. The molecule has 20 heteroatoms. The lowest BCUT2D eigenvalue weighted by Crippen LogP contribution is -2.61. The Hall–Kier alpha value is -7.84. The van der Waals surface area contributed by atoms with Crippen molar-refractivity contribution in [3.05, 3.63) is 109 Å². The lowest BCUT2D eigenvalue weighted by atomic mass is 9.98. The van der Waals surface area contributed by atoms with E-state index in [0.717, 1.165) is 56.9 Å². The third kappa shape index (κ3) is 18.3. The van der Waals surface area contributed by atoms with E-state index in [0.29, 0.717) is 64.5 Å². The van der Waals surface area contributed by atoms with E-state index in [9.17, 15) is 38.4 Å². The molecule has 5 bridgehead atoms. The number of rotatable bonds is 17. The molecule has 5 heterocycles. The van der Waals surface area contributed by atoms with E-state index in [2.05, 4.69) is 55.2 Å². The average molecular weight is 1180 g/mol. The Morgan fingerprint density at radius 1 is 0.802 bits per heavy atom. The predicted molar refractivity (Wildman–Crippen MR) is 332 cm³/mol. The van der Waals surface area contributed by atoms with E-state index in [4.69, 9.17) is 9.47 Å². The van der Waals surface area contributed by atoms with E-state index < -0.39 is 66.0 Å². The van der Waals surface area contributed by atoms with Gasteiger partial charge < -0.3 is 30.7 Å². The van der Waals surface area contributed by atoms with Crippen LogP contribution in [0, 0.1) is 23.7 Å². The number of cyclic esters (lactones) is 1. The third-order valence-corrected chi connectivity index (χ3v) is 15.8. The van der Waals surface area contributed by atoms with Gasteiger partial charge in [-0.3, -0.25) is 58.3 Å². The van der Waals surface area contributed by atoms with E-state index in [1.165, 1.54) is 10.0 Å². The molecule has 2 saturated heterocycles. The number of hydrogen-bond donors (Lipinski definition) is 6. The van der Waals surface area contributed by atoms with E-state index in [1.54, 1.807) is 59.9 Å². The van der Waals surface area contributed by atoms with Crippen LogP contribution in [0.25, 0.3) is 33.7 Å². The molecule has 7 rings (SSSR count). The van der Waals surface area contributed by atoms with Crippen molar-refractivity contribution >= 4 is 81.1 Å². The first-order chi connectivity index (χ1) is 41.0. The van der Waals surface area contributed by atoms with Crippen LogP contribution in [-0.4, -0.2) is 117 Å². The third-order valence-electron chi connectivity index (χ3n) is 15.8. The van der Waals surface area contributed by atoms with Gasteiger partial charge in [0, 0.05) is 36.3 Å². The number of aromatic nitrogens is 2. The predicted octanol–water partition coefficient (Wildman–Crippen LogP) is 8.43. The Morgan fingerprint density at radius 2 is 1.50 bits per heavy atom. The van der Waals surface area contributed by atoms with Gasteiger partial charge in [0.25, 0.3) is 23.6 Å². The second-order valence-electron chi connectivity index (χ2n) is 23.5. The summed E-state index contributed by atoms with van der Waals surface area (Å²) >= 11 is 0. The van der Waals surface area contributed by atoms with Gasteiger partial charge in [0.15, 0.2) is 12.2 Å². The molecule has 3 aliphatic rings. The summed E-state index contributed by atoms with van der Waals surface area (Å²) in [5, 5.41) is 18.3. The van der Waals surface area contributed by atoms with Crippen molar-refractivity contribution in [3.63, 3.8) is 0 Å². The van der Waals surface area contributed by atoms with Crippen LogP contribution in [0.5, 0.6) is 0 Å². The molecule has 464 valence electrons. The van der Waals surface area contributed by atoms with Gasteiger partial charge >= 0.3 is 11.9 Å². The molecule has 0 radical (unpaired) electrons. The number of ether oxygens (including phenoxy) is 2. The number of nitrogens with one attached hydrogen (secondary N) is 6. The first kappa shape index (κ1) is 67.3. The zero-order valence-corrected chi connectivity index (χ0v) is 51.8. The Kier molecular flexibility index (Phi) is 25.1. The number of benzene rings is 2. The highest BCUT2D eigenvalue weighted by atomic mass is 16.6. The summed E-state index contributed by atoms with van der Waals surface area (Å²) in [6.45, 7) is 26.5. The minimum Gasteiger partial charge on any atom is -0.452 e. The molecule has 2 aromatic heterocycles. The van der Waals surface area contributed by atoms with E-state index in [-0.39, 0.29) is 53.5 Å². The van der Waals surface area contributed by atoms with Crippen LogP contribution >= 0.6 is 0 Å². The largest absolute Gasteiger partial charge is 0.452 e. The molecule has 0 aliphatic carbocycles. The number of fused-ring (bicyclic) bond motifs is 5. The zero-order valence-electron chi connectivity index (χ0n) is 51.8. The quantitative estimate of drug-likeness (QED) is 0.0429. The Balaban J connectivity index is 0.000000275. The maximum atomic E-state index is 13.3. The van der Waals surface area contributed by atoms with Crippen LogP contribution < -0.4 is 32.1 Å². The molecule has 2 aromatic carbocycles. The van der Waals surface area contributed by atoms with Gasteiger partial charge in [-0.05, 0) is 149 Å². The van der Waals surface area contributed by atoms with Crippen molar-refractivity contribution < 1.29 is 47.8 Å². The number of hydrazine groups is 2. The first-order valence-electron chi connectivity index (χ1n) is 30.5. The van der Waals surface area contributed by atoms with Crippen LogP contribution in [-0.2, 0) is 47.8 Å². The molecule has 0 spiro atoms. The van der Waals surface area contributed by atoms with Crippen molar-refractivity contribution in [2.75, 3.05) is 13.1 Å². The number of amides is 6. The molecule has 10 atom stereocenters. The van der Waals surface area contributed by atoms with E-state index in [1.807, 2.05) is 94.6 Å². The maximum Gasteiger partial charge on any atom is 0.310 e. The van der Waals surface area contributed by atoms with Crippen LogP contribution in [0.4, 0.5) is 0 Å². The lowest BCUT2D eigenvalue weighted by Gasteiger charge is -2.35. The molecule has 3 aliphatic heterocycles. The smallest absolute Gasteiger partial charge is 0.310 e.